The maximum atomic E-state index is 2.31. The van der Waals surface area contributed by atoms with Gasteiger partial charge < -0.3 is 0 Å². The average molecular weight is 359 g/mol. The molecule has 0 radical (unpaired) electrons. The van der Waals surface area contributed by atoms with Gasteiger partial charge in [0.2, 0.25) is 0 Å². The Labute approximate surface area is 95.9 Å². The predicted octanol–water partition coefficient (Wildman–Crippen LogP) is 3.25. The molecule has 0 fully saturated rings. The molecule has 0 N–H and O–H groups in total. The summed E-state index contributed by atoms with van der Waals surface area (Å²) < 4.78 is 1.67. The molecule has 3 heteroatoms. The Kier molecular flexibility index (Phi) is 7.30. The molecule has 0 aromatic carbocycles. The number of hydrogen-bond donors (Lipinski definition) is 0. The molecule has 1 aliphatic rings. The molecule has 0 spiro atoms. The van der Waals surface area contributed by atoms with Crippen molar-refractivity contribution in [1.29, 1.82) is 0 Å². The van der Waals surface area contributed by atoms with Gasteiger partial charge in [0.1, 0.15) is 0 Å². The topological polar surface area (TPSA) is 0 Å². The van der Waals surface area contributed by atoms with E-state index in [9.17, 15) is 0 Å². The summed E-state index contributed by atoms with van der Waals surface area (Å²) in [5, 5.41) is 0. The van der Waals surface area contributed by atoms with E-state index in [1.807, 2.05) is 0 Å². The fourth-order valence-electron chi connectivity index (χ4n) is 1.11. The van der Waals surface area contributed by atoms with E-state index in [-0.39, 0.29) is 24.8 Å². The number of halogens is 2. The molecule has 0 saturated carbocycles. The van der Waals surface area contributed by atoms with Crippen LogP contribution in [0.25, 0.3) is 0 Å². The first kappa shape index (κ1) is 14.5. The normalized spacial score (nSPS) is 22.0. The van der Waals surface area contributed by atoms with Crippen molar-refractivity contribution in [1.82, 2.24) is 0 Å². The van der Waals surface area contributed by atoms with Crippen molar-refractivity contribution in [2.45, 2.75) is 20.8 Å². The van der Waals surface area contributed by atoms with Gasteiger partial charge in [0.25, 0.3) is 0 Å². The van der Waals surface area contributed by atoms with Gasteiger partial charge >= 0.3 is 71.6 Å². The molecular formula is C8H13Cl2Hf. The van der Waals surface area contributed by atoms with E-state index in [2.05, 4.69) is 26.8 Å². The molecule has 1 atom stereocenters. The van der Waals surface area contributed by atoms with Gasteiger partial charge in [-0.2, -0.15) is 0 Å². The SMILES string of the molecule is CC1=CC(C)=[C]([Hf])C1C.Cl.Cl. The van der Waals surface area contributed by atoms with Crippen molar-refractivity contribution in [2.24, 2.45) is 5.92 Å². The minimum atomic E-state index is 0. The summed E-state index contributed by atoms with van der Waals surface area (Å²) in [5.74, 6) is 0.761. The summed E-state index contributed by atoms with van der Waals surface area (Å²) in [6.45, 7) is 6.74. The van der Waals surface area contributed by atoms with E-state index in [0.29, 0.717) is 0 Å². The van der Waals surface area contributed by atoms with Crippen molar-refractivity contribution in [3.05, 3.63) is 20.6 Å². The fraction of sp³-hybridized carbons (Fsp3) is 0.500. The van der Waals surface area contributed by atoms with E-state index in [0.717, 1.165) is 5.92 Å². The smallest absolute Gasteiger partial charge is 0.147 e. The first-order valence-electron chi connectivity index (χ1n) is 3.23. The van der Waals surface area contributed by atoms with Crippen molar-refractivity contribution < 1.29 is 24.4 Å². The van der Waals surface area contributed by atoms with Gasteiger partial charge in [-0.1, -0.05) is 0 Å². The monoisotopic (exact) mass is 359 g/mol. The maximum Gasteiger partial charge on any atom is -0.147 e. The first-order valence-corrected chi connectivity index (χ1v) is 5.03. The van der Waals surface area contributed by atoms with Crippen LogP contribution < -0.4 is 0 Å². The number of rotatable bonds is 0. The van der Waals surface area contributed by atoms with E-state index < -0.39 is 0 Å². The average Bonchev–Trinajstić information content (AvgIpc) is 1.98. The predicted molar refractivity (Wildman–Crippen MR) is 50.1 cm³/mol. The molecule has 0 aliphatic heterocycles. The van der Waals surface area contributed by atoms with Crippen LogP contribution in [-0.2, 0) is 24.4 Å². The van der Waals surface area contributed by atoms with E-state index in [4.69, 9.17) is 0 Å². The first-order chi connectivity index (χ1) is 4.13. The number of allylic oxidation sites excluding steroid dienone is 4. The second-order valence-electron chi connectivity index (χ2n) is 2.71. The van der Waals surface area contributed by atoms with Crippen molar-refractivity contribution in [2.75, 3.05) is 0 Å². The third kappa shape index (κ3) is 3.04. The Morgan fingerprint density at radius 2 is 1.73 bits per heavy atom. The minimum Gasteiger partial charge on any atom is -0.147 e. The molecule has 1 unspecified atom stereocenters. The van der Waals surface area contributed by atoms with E-state index in [1.165, 1.54) is 35.5 Å². The van der Waals surface area contributed by atoms with Gasteiger partial charge in [0.05, 0.1) is 0 Å². The van der Waals surface area contributed by atoms with Crippen molar-refractivity contribution in [3.63, 3.8) is 0 Å². The molecule has 1 rings (SSSR count). The van der Waals surface area contributed by atoms with Crippen LogP contribution in [0.1, 0.15) is 20.8 Å². The minimum absolute atomic E-state index is 0. The summed E-state index contributed by atoms with van der Waals surface area (Å²) in [4.78, 5) is 0. The number of hydrogen-bond acceptors (Lipinski definition) is 0. The summed E-state index contributed by atoms with van der Waals surface area (Å²) in [6.07, 6.45) is 2.31. The summed E-state index contributed by atoms with van der Waals surface area (Å²) in [6, 6.07) is 0. The van der Waals surface area contributed by atoms with Crippen molar-refractivity contribution in [3.8, 4) is 0 Å². The Bertz CT molecular complexity index is 194. The van der Waals surface area contributed by atoms with Gasteiger partial charge in [0.15, 0.2) is 0 Å². The maximum absolute atomic E-state index is 2.31. The van der Waals surface area contributed by atoms with Crippen LogP contribution in [0.5, 0.6) is 0 Å². The van der Waals surface area contributed by atoms with Crippen LogP contribution >= 0.6 is 24.8 Å². The van der Waals surface area contributed by atoms with Gasteiger partial charge in [0, 0.05) is 0 Å². The molecule has 0 amide bonds. The van der Waals surface area contributed by atoms with Crippen LogP contribution in [0, 0.1) is 5.92 Å². The molecule has 63 valence electrons. The largest absolute Gasteiger partial charge is 0.147 e. The zero-order valence-corrected chi connectivity index (χ0v) is 12.2. The van der Waals surface area contributed by atoms with E-state index in [1.54, 1.807) is 3.33 Å². The Balaban J connectivity index is 0. The molecule has 0 nitrogen and oxygen atoms in total. The standard InChI is InChI=1S/C8H11.2ClH.Hf/c1-6-4-7(2)8(3)5-6;;;/h4,8H,1-3H3;2*1H;. The molecule has 11 heavy (non-hydrogen) atoms. The molecule has 0 aromatic heterocycles. The Morgan fingerprint density at radius 1 is 1.27 bits per heavy atom. The molecule has 0 bridgehead atoms. The molecule has 0 heterocycles. The Hall–Kier alpha value is 0.930. The second-order valence-corrected chi connectivity index (χ2v) is 4.64. The van der Waals surface area contributed by atoms with Crippen molar-refractivity contribution >= 4 is 24.8 Å². The summed E-state index contributed by atoms with van der Waals surface area (Å²) in [5.41, 5.74) is 3.06. The molecule has 0 aromatic rings. The van der Waals surface area contributed by atoms with Crippen LogP contribution in [0.3, 0.4) is 0 Å². The van der Waals surface area contributed by atoms with Crippen LogP contribution in [0.2, 0.25) is 0 Å². The second kappa shape index (κ2) is 5.55. The van der Waals surface area contributed by atoms with E-state index >= 15 is 0 Å². The third-order valence-corrected chi connectivity index (χ3v) is 4.96. The van der Waals surface area contributed by atoms with Gasteiger partial charge in [-0.3, -0.25) is 0 Å². The van der Waals surface area contributed by atoms with Gasteiger partial charge in [-0.15, -0.1) is 24.8 Å². The zero-order chi connectivity index (χ0) is 7.02. The zero-order valence-electron chi connectivity index (χ0n) is 6.97. The van der Waals surface area contributed by atoms with Crippen LogP contribution in [0.15, 0.2) is 20.6 Å². The molecule has 0 saturated heterocycles. The van der Waals surface area contributed by atoms with Crippen LogP contribution in [0.4, 0.5) is 0 Å². The van der Waals surface area contributed by atoms with Gasteiger partial charge in [-0.25, -0.2) is 0 Å². The van der Waals surface area contributed by atoms with Crippen LogP contribution in [-0.4, -0.2) is 0 Å². The quantitative estimate of drug-likeness (QED) is 0.583. The van der Waals surface area contributed by atoms with Gasteiger partial charge in [-0.05, 0) is 0 Å². The molecule has 1 aliphatic carbocycles. The summed E-state index contributed by atoms with van der Waals surface area (Å²) in [7, 11) is 0. The fourth-order valence-corrected chi connectivity index (χ4v) is 2.19. The Morgan fingerprint density at radius 3 is 1.82 bits per heavy atom. The summed E-state index contributed by atoms with van der Waals surface area (Å²) >= 11 is 1.24. The third-order valence-electron chi connectivity index (χ3n) is 1.99. The molecular weight excluding hydrogens is 345 g/mol.